The number of imide groups is 2. The van der Waals surface area contributed by atoms with E-state index in [1.165, 1.54) is 22.6 Å². The van der Waals surface area contributed by atoms with Crippen LogP contribution in [0, 0.1) is 11.8 Å². The van der Waals surface area contributed by atoms with Crippen LogP contribution in [0.4, 0.5) is 11.4 Å². The van der Waals surface area contributed by atoms with Crippen LogP contribution in [0.1, 0.15) is 78.1 Å². The van der Waals surface area contributed by atoms with Gasteiger partial charge in [0.1, 0.15) is 0 Å². The van der Waals surface area contributed by atoms with E-state index in [0.717, 1.165) is 38.5 Å². The Morgan fingerprint density at radius 3 is 1.33 bits per heavy atom. The summed E-state index contributed by atoms with van der Waals surface area (Å²) in [5.41, 5.74) is 0.944. The van der Waals surface area contributed by atoms with Crippen molar-refractivity contribution in [3.8, 4) is 0 Å². The number of amides is 4. The van der Waals surface area contributed by atoms with Crippen molar-refractivity contribution in [2.45, 2.75) is 102 Å². The highest BCUT2D eigenvalue weighted by molar-refractivity contribution is 6.24. The van der Waals surface area contributed by atoms with Gasteiger partial charge in [-0.25, -0.2) is 9.80 Å². The summed E-state index contributed by atoms with van der Waals surface area (Å²) in [7, 11) is 0. The monoisotopic (exact) mass is 494 g/mol. The van der Waals surface area contributed by atoms with Gasteiger partial charge in [-0.2, -0.15) is 0 Å². The first-order chi connectivity index (χ1) is 17.3. The van der Waals surface area contributed by atoms with E-state index in [2.05, 4.69) is 24.5 Å². The van der Waals surface area contributed by atoms with Crippen molar-refractivity contribution >= 4 is 35.0 Å². The molecule has 8 heteroatoms. The van der Waals surface area contributed by atoms with Crippen molar-refractivity contribution in [3.05, 3.63) is 24.3 Å². The molecule has 6 atom stereocenters. The SMILES string of the molecule is C[C@@H]1CCCC[C@@H]1N[C@H]1CC(=O)N(c2ccc(N3C(=O)C[C@@H](N[C@H]4CCCC[C@H]4C)C3=O)cc2)C1=O. The highest BCUT2D eigenvalue weighted by atomic mass is 16.2. The summed E-state index contributed by atoms with van der Waals surface area (Å²) >= 11 is 0. The summed E-state index contributed by atoms with van der Waals surface area (Å²) < 4.78 is 0. The average Bonchev–Trinajstić information content (AvgIpc) is 3.30. The van der Waals surface area contributed by atoms with Gasteiger partial charge in [0.2, 0.25) is 11.8 Å². The van der Waals surface area contributed by atoms with Crippen LogP contribution < -0.4 is 20.4 Å². The number of hydrogen-bond acceptors (Lipinski definition) is 6. The second kappa shape index (κ2) is 10.4. The third-order valence-electron chi connectivity index (χ3n) is 8.71. The summed E-state index contributed by atoms with van der Waals surface area (Å²) in [6.45, 7) is 4.40. The normalized spacial score (nSPS) is 33.6. The Balaban J connectivity index is 1.24. The lowest BCUT2D eigenvalue weighted by Crippen LogP contribution is -2.47. The summed E-state index contributed by atoms with van der Waals surface area (Å²) in [5.74, 6) is 0.0607. The number of rotatable bonds is 6. The Morgan fingerprint density at radius 1 is 0.611 bits per heavy atom. The second-order valence-electron chi connectivity index (χ2n) is 11.2. The first-order valence-corrected chi connectivity index (χ1v) is 13.7. The van der Waals surface area contributed by atoms with Crippen LogP contribution in [0.2, 0.25) is 0 Å². The fourth-order valence-electron chi connectivity index (χ4n) is 6.46. The maximum absolute atomic E-state index is 13.1. The van der Waals surface area contributed by atoms with E-state index in [9.17, 15) is 19.2 Å². The van der Waals surface area contributed by atoms with Gasteiger partial charge in [0.05, 0.1) is 36.3 Å². The lowest BCUT2D eigenvalue weighted by atomic mass is 9.85. The molecular formula is C28H38N4O4. The van der Waals surface area contributed by atoms with Gasteiger partial charge in [-0.15, -0.1) is 0 Å². The number of anilines is 2. The molecule has 0 unspecified atom stereocenters. The predicted octanol–water partition coefficient (Wildman–Crippen LogP) is 3.29. The third-order valence-corrected chi connectivity index (χ3v) is 8.71. The van der Waals surface area contributed by atoms with E-state index in [1.807, 2.05) is 0 Å². The number of carbonyl (C=O) groups excluding carboxylic acids is 4. The van der Waals surface area contributed by atoms with Crippen molar-refractivity contribution in [2.24, 2.45) is 11.8 Å². The van der Waals surface area contributed by atoms with E-state index in [-0.39, 0.29) is 48.6 Å². The summed E-state index contributed by atoms with van der Waals surface area (Å²) in [6.07, 6.45) is 9.37. The Labute approximate surface area is 213 Å². The molecule has 36 heavy (non-hydrogen) atoms. The fourth-order valence-corrected chi connectivity index (χ4v) is 6.46. The van der Waals surface area contributed by atoms with Gasteiger partial charge >= 0.3 is 0 Å². The van der Waals surface area contributed by atoms with Gasteiger partial charge in [-0.3, -0.25) is 19.2 Å². The predicted molar refractivity (Wildman–Crippen MR) is 137 cm³/mol. The van der Waals surface area contributed by atoms with Crippen LogP contribution in [0.3, 0.4) is 0 Å². The van der Waals surface area contributed by atoms with Gasteiger partial charge in [0, 0.05) is 12.1 Å². The highest BCUT2D eigenvalue weighted by Crippen LogP contribution is 2.31. The van der Waals surface area contributed by atoms with Gasteiger partial charge in [-0.1, -0.05) is 39.5 Å². The molecule has 0 spiro atoms. The molecule has 2 saturated heterocycles. The average molecular weight is 495 g/mol. The lowest BCUT2D eigenvalue weighted by Gasteiger charge is -2.31. The number of carbonyl (C=O) groups is 4. The topological polar surface area (TPSA) is 98.8 Å². The molecular weight excluding hydrogens is 456 g/mol. The number of nitrogens with one attached hydrogen (secondary N) is 2. The van der Waals surface area contributed by atoms with Crippen molar-refractivity contribution in [1.29, 1.82) is 0 Å². The van der Waals surface area contributed by atoms with Crippen LogP contribution in [0.15, 0.2) is 24.3 Å². The molecule has 0 bridgehead atoms. The minimum absolute atomic E-state index is 0.153. The number of benzene rings is 1. The first kappa shape index (κ1) is 25.1. The minimum Gasteiger partial charge on any atom is -0.302 e. The molecule has 2 aliphatic carbocycles. The van der Waals surface area contributed by atoms with Crippen molar-refractivity contribution in [1.82, 2.24) is 10.6 Å². The fraction of sp³-hybridized carbons (Fsp3) is 0.643. The lowest BCUT2D eigenvalue weighted by molar-refractivity contribution is -0.123. The third kappa shape index (κ3) is 4.85. The second-order valence-corrected chi connectivity index (χ2v) is 11.2. The molecule has 0 radical (unpaired) electrons. The van der Waals surface area contributed by atoms with Gasteiger partial charge in [0.25, 0.3) is 11.8 Å². The molecule has 1 aromatic rings. The van der Waals surface area contributed by atoms with E-state index in [0.29, 0.717) is 23.2 Å². The van der Waals surface area contributed by atoms with Crippen LogP contribution >= 0.6 is 0 Å². The maximum Gasteiger partial charge on any atom is 0.251 e. The smallest absolute Gasteiger partial charge is 0.251 e. The van der Waals surface area contributed by atoms with Gasteiger partial charge < -0.3 is 10.6 Å². The summed E-state index contributed by atoms with van der Waals surface area (Å²) in [5, 5.41) is 6.88. The zero-order valence-corrected chi connectivity index (χ0v) is 21.4. The number of hydrogen-bond donors (Lipinski definition) is 2. The minimum atomic E-state index is -0.501. The van der Waals surface area contributed by atoms with Crippen LogP contribution in [0.25, 0.3) is 0 Å². The Hall–Kier alpha value is -2.58. The molecule has 5 rings (SSSR count). The molecule has 8 nitrogen and oxygen atoms in total. The van der Waals surface area contributed by atoms with E-state index in [1.54, 1.807) is 24.3 Å². The molecule has 1 aromatic carbocycles. The van der Waals surface area contributed by atoms with E-state index < -0.39 is 12.1 Å². The van der Waals surface area contributed by atoms with Crippen LogP contribution in [-0.2, 0) is 19.2 Å². The van der Waals surface area contributed by atoms with Crippen molar-refractivity contribution in [3.63, 3.8) is 0 Å². The van der Waals surface area contributed by atoms with Gasteiger partial charge in [0.15, 0.2) is 0 Å². The summed E-state index contributed by atoms with van der Waals surface area (Å²) in [6, 6.07) is 6.13. The van der Waals surface area contributed by atoms with Crippen molar-refractivity contribution in [2.75, 3.05) is 9.80 Å². The molecule has 2 saturated carbocycles. The Morgan fingerprint density at radius 2 is 0.972 bits per heavy atom. The van der Waals surface area contributed by atoms with E-state index in [4.69, 9.17) is 0 Å². The largest absolute Gasteiger partial charge is 0.302 e. The molecule has 194 valence electrons. The first-order valence-electron chi connectivity index (χ1n) is 13.7. The molecule has 2 aliphatic heterocycles. The molecule has 4 aliphatic rings. The highest BCUT2D eigenvalue weighted by Gasteiger charge is 2.43. The van der Waals surface area contributed by atoms with Crippen LogP contribution in [0.5, 0.6) is 0 Å². The number of nitrogens with zero attached hydrogens (tertiary/aromatic N) is 2. The van der Waals surface area contributed by atoms with E-state index >= 15 is 0 Å². The Kier molecular flexibility index (Phi) is 7.26. The molecule has 2 N–H and O–H groups in total. The Bertz CT molecular complexity index is 944. The maximum atomic E-state index is 13.1. The van der Waals surface area contributed by atoms with Crippen molar-refractivity contribution < 1.29 is 19.2 Å². The standard InChI is InChI=1S/C28H38N4O4/c1-17-7-3-5-9-21(17)29-23-15-25(33)31(27(23)35)19-11-13-20(14-12-19)32-26(34)16-24(28(32)36)30-22-10-6-4-8-18(22)2/h11-14,17-18,21-24,29-30H,3-10,15-16H2,1-2H3/t17-,18-,21+,22+,23-,24+/m1/s1. The molecule has 0 aromatic heterocycles. The van der Waals surface area contributed by atoms with Gasteiger partial charge in [-0.05, 0) is 61.8 Å². The summed E-state index contributed by atoms with van der Waals surface area (Å²) in [4.78, 5) is 54.2. The van der Waals surface area contributed by atoms with Crippen LogP contribution in [-0.4, -0.2) is 47.8 Å². The quantitative estimate of drug-likeness (QED) is 0.589. The molecule has 2 heterocycles. The zero-order valence-electron chi connectivity index (χ0n) is 21.4. The molecule has 4 amide bonds. The molecule has 4 fully saturated rings. The zero-order chi connectivity index (χ0) is 25.4.